The second-order valence-electron chi connectivity index (χ2n) is 6.14. The molecule has 3 rings (SSSR count). The van der Waals surface area contributed by atoms with E-state index in [4.69, 9.17) is 0 Å². The van der Waals surface area contributed by atoms with E-state index >= 15 is 0 Å². The molecule has 0 atom stereocenters. The number of hydrogen-bond acceptors (Lipinski definition) is 3. The molecule has 1 aromatic carbocycles. The molecule has 0 saturated heterocycles. The third-order valence-electron chi connectivity index (χ3n) is 4.25. The van der Waals surface area contributed by atoms with E-state index in [9.17, 15) is 9.59 Å². The lowest BCUT2D eigenvalue weighted by Gasteiger charge is -2.20. The van der Waals surface area contributed by atoms with Crippen molar-refractivity contribution in [2.24, 2.45) is 5.92 Å². The molecule has 0 aliphatic heterocycles. The summed E-state index contributed by atoms with van der Waals surface area (Å²) in [6, 6.07) is 8.89. The molecular formula is C18H21N3O2. The van der Waals surface area contributed by atoms with Gasteiger partial charge in [-0.15, -0.1) is 0 Å². The first-order chi connectivity index (χ1) is 11.1. The maximum atomic E-state index is 12.3. The highest BCUT2D eigenvalue weighted by atomic mass is 16.2. The van der Waals surface area contributed by atoms with E-state index in [-0.39, 0.29) is 17.4 Å². The third kappa shape index (κ3) is 3.86. The topological polar surface area (TPSA) is 74.8 Å². The monoisotopic (exact) mass is 311 g/mol. The zero-order valence-electron chi connectivity index (χ0n) is 13.3. The molecule has 0 radical (unpaired) electrons. The summed E-state index contributed by atoms with van der Waals surface area (Å²) < 4.78 is 0. The Hall–Kier alpha value is -2.43. The molecule has 1 aliphatic carbocycles. The minimum absolute atomic E-state index is 0.0903. The van der Waals surface area contributed by atoms with Crippen LogP contribution in [0.5, 0.6) is 0 Å². The Labute approximate surface area is 135 Å². The number of aromatic nitrogens is 2. The summed E-state index contributed by atoms with van der Waals surface area (Å²) in [4.78, 5) is 31.0. The van der Waals surface area contributed by atoms with Gasteiger partial charge in [0.25, 0.3) is 5.56 Å². The van der Waals surface area contributed by atoms with Crippen LogP contribution in [0.25, 0.3) is 11.4 Å². The summed E-state index contributed by atoms with van der Waals surface area (Å²) in [6.45, 7) is 1.79. The van der Waals surface area contributed by atoms with Crippen LogP contribution in [0, 0.1) is 12.8 Å². The second-order valence-corrected chi connectivity index (χ2v) is 6.14. The van der Waals surface area contributed by atoms with E-state index in [0.29, 0.717) is 11.5 Å². The van der Waals surface area contributed by atoms with Gasteiger partial charge >= 0.3 is 0 Å². The van der Waals surface area contributed by atoms with E-state index in [0.717, 1.165) is 36.9 Å². The van der Waals surface area contributed by atoms with Crippen molar-refractivity contribution in [3.05, 3.63) is 46.4 Å². The Morgan fingerprint density at radius 3 is 2.74 bits per heavy atom. The van der Waals surface area contributed by atoms with Crippen molar-refractivity contribution >= 4 is 11.6 Å². The standard InChI is InChI=1S/C18H21N3O2/c1-12-10-16(22)21-17(19-12)14-8-5-9-15(11-14)20-18(23)13-6-3-2-4-7-13/h5,8-11,13H,2-4,6-7H2,1H3,(H,20,23)(H,19,21,22). The number of aryl methyl sites for hydroxylation is 1. The van der Waals surface area contributed by atoms with Gasteiger partial charge in [0.1, 0.15) is 5.82 Å². The van der Waals surface area contributed by atoms with Gasteiger partial charge in [-0.25, -0.2) is 4.98 Å². The van der Waals surface area contributed by atoms with Gasteiger partial charge in [0, 0.05) is 28.9 Å². The number of rotatable bonds is 3. The van der Waals surface area contributed by atoms with Crippen molar-refractivity contribution in [3.63, 3.8) is 0 Å². The molecule has 5 heteroatoms. The zero-order chi connectivity index (χ0) is 16.2. The van der Waals surface area contributed by atoms with E-state index in [1.807, 2.05) is 24.3 Å². The van der Waals surface area contributed by atoms with Crippen molar-refractivity contribution in [2.45, 2.75) is 39.0 Å². The van der Waals surface area contributed by atoms with Crippen LogP contribution in [-0.4, -0.2) is 15.9 Å². The fourth-order valence-corrected chi connectivity index (χ4v) is 3.07. The van der Waals surface area contributed by atoms with Crippen molar-refractivity contribution in [1.29, 1.82) is 0 Å². The number of carbonyl (C=O) groups is 1. The highest BCUT2D eigenvalue weighted by Gasteiger charge is 2.21. The van der Waals surface area contributed by atoms with Gasteiger partial charge in [-0.3, -0.25) is 9.59 Å². The number of hydrogen-bond donors (Lipinski definition) is 2. The number of nitrogens with zero attached hydrogens (tertiary/aromatic N) is 1. The molecule has 5 nitrogen and oxygen atoms in total. The van der Waals surface area contributed by atoms with Crippen LogP contribution in [0.15, 0.2) is 35.1 Å². The molecule has 23 heavy (non-hydrogen) atoms. The van der Waals surface area contributed by atoms with E-state index < -0.39 is 0 Å². The maximum Gasteiger partial charge on any atom is 0.251 e. The van der Waals surface area contributed by atoms with Gasteiger partial charge in [-0.05, 0) is 31.9 Å². The van der Waals surface area contributed by atoms with Crippen LogP contribution in [-0.2, 0) is 4.79 Å². The number of nitrogens with one attached hydrogen (secondary N) is 2. The lowest BCUT2D eigenvalue weighted by molar-refractivity contribution is -0.120. The molecule has 120 valence electrons. The molecule has 0 spiro atoms. The van der Waals surface area contributed by atoms with E-state index in [2.05, 4.69) is 15.3 Å². The SMILES string of the molecule is Cc1cc(=O)[nH]c(-c2cccc(NC(=O)C3CCCCC3)c2)n1. The van der Waals surface area contributed by atoms with Gasteiger partial charge < -0.3 is 10.3 Å². The third-order valence-corrected chi connectivity index (χ3v) is 4.25. The van der Waals surface area contributed by atoms with Crippen LogP contribution in [0.2, 0.25) is 0 Å². The van der Waals surface area contributed by atoms with Crippen LogP contribution in [0.4, 0.5) is 5.69 Å². The van der Waals surface area contributed by atoms with Crippen LogP contribution >= 0.6 is 0 Å². The van der Waals surface area contributed by atoms with Crippen molar-refractivity contribution < 1.29 is 4.79 Å². The molecule has 1 aliphatic rings. The average molecular weight is 311 g/mol. The van der Waals surface area contributed by atoms with Gasteiger partial charge in [0.05, 0.1) is 0 Å². The quantitative estimate of drug-likeness (QED) is 0.913. The molecule has 0 unspecified atom stereocenters. The fraction of sp³-hybridized carbons (Fsp3) is 0.389. The maximum absolute atomic E-state index is 12.3. The predicted molar refractivity (Wildman–Crippen MR) is 90.2 cm³/mol. The molecule has 2 N–H and O–H groups in total. The lowest BCUT2D eigenvalue weighted by atomic mass is 9.88. The summed E-state index contributed by atoms with van der Waals surface area (Å²) in [5.74, 6) is 0.723. The summed E-state index contributed by atoms with van der Waals surface area (Å²) in [7, 11) is 0. The molecule has 1 fully saturated rings. The molecule has 1 heterocycles. The fourth-order valence-electron chi connectivity index (χ4n) is 3.07. The number of amides is 1. The van der Waals surface area contributed by atoms with Gasteiger partial charge in [0.2, 0.25) is 5.91 Å². The number of benzene rings is 1. The van der Waals surface area contributed by atoms with E-state index in [1.54, 1.807) is 6.92 Å². The lowest BCUT2D eigenvalue weighted by Crippen LogP contribution is -2.24. The predicted octanol–water partition coefficient (Wildman–Crippen LogP) is 3.26. The largest absolute Gasteiger partial charge is 0.326 e. The summed E-state index contributed by atoms with van der Waals surface area (Å²) in [6.07, 6.45) is 5.43. The molecular weight excluding hydrogens is 290 g/mol. The normalized spacial score (nSPS) is 15.3. The minimum Gasteiger partial charge on any atom is -0.326 e. The Balaban J connectivity index is 1.79. The summed E-state index contributed by atoms with van der Waals surface area (Å²) >= 11 is 0. The average Bonchev–Trinajstić information content (AvgIpc) is 2.55. The number of H-pyrrole nitrogens is 1. The van der Waals surface area contributed by atoms with Gasteiger partial charge in [0.15, 0.2) is 0 Å². The first-order valence-electron chi connectivity index (χ1n) is 8.11. The highest BCUT2D eigenvalue weighted by molar-refractivity contribution is 5.93. The Kier molecular flexibility index (Phi) is 4.55. The van der Waals surface area contributed by atoms with Crippen LogP contribution < -0.4 is 10.9 Å². The van der Waals surface area contributed by atoms with Gasteiger partial charge in [-0.2, -0.15) is 0 Å². The molecule has 2 aromatic rings. The zero-order valence-corrected chi connectivity index (χ0v) is 13.3. The van der Waals surface area contributed by atoms with E-state index in [1.165, 1.54) is 12.5 Å². The Bertz CT molecular complexity index is 761. The second kappa shape index (κ2) is 6.77. The Morgan fingerprint density at radius 2 is 2.00 bits per heavy atom. The van der Waals surface area contributed by atoms with Crippen molar-refractivity contribution in [2.75, 3.05) is 5.32 Å². The number of aromatic amines is 1. The highest BCUT2D eigenvalue weighted by Crippen LogP contribution is 2.26. The molecule has 0 bridgehead atoms. The van der Waals surface area contributed by atoms with Crippen molar-refractivity contribution in [3.8, 4) is 11.4 Å². The first kappa shape index (κ1) is 15.5. The Morgan fingerprint density at radius 1 is 1.22 bits per heavy atom. The smallest absolute Gasteiger partial charge is 0.251 e. The first-order valence-corrected chi connectivity index (χ1v) is 8.11. The molecule has 1 aromatic heterocycles. The number of anilines is 1. The number of carbonyl (C=O) groups excluding carboxylic acids is 1. The van der Waals surface area contributed by atoms with Crippen LogP contribution in [0.3, 0.4) is 0 Å². The van der Waals surface area contributed by atoms with Gasteiger partial charge in [-0.1, -0.05) is 31.4 Å². The van der Waals surface area contributed by atoms with Crippen LogP contribution in [0.1, 0.15) is 37.8 Å². The van der Waals surface area contributed by atoms with Crippen molar-refractivity contribution in [1.82, 2.24) is 9.97 Å². The summed E-state index contributed by atoms with van der Waals surface area (Å²) in [5.41, 5.74) is 2.01. The molecule has 1 amide bonds. The minimum atomic E-state index is -0.177. The molecule has 1 saturated carbocycles. The summed E-state index contributed by atoms with van der Waals surface area (Å²) in [5, 5.41) is 2.99.